The number of ether oxygens (including phenoxy) is 1. The molecule has 0 spiro atoms. The van der Waals surface area contributed by atoms with Crippen LogP contribution >= 0.6 is 11.6 Å². The van der Waals surface area contributed by atoms with E-state index in [1.54, 1.807) is 7.11 Å². The molecular weight excluding hydrogens is 272 g/mol. The Morgan fingerprint density at radius 2 is 2.15 bits per heavy atom. The lowest BCUT2D eigenvalue weighted by atomic mass is 9.85. The number of halogens is 1. The Hall–Kier alpha value is -0.770. The molecule has 1 aliphatic rings. The van der Waals surface area contributed by atoms with E-state index in [0.29, 0.717) is 6.04 Å². The van der Waals surface area contributed by atoms with Crippen molar-refractivity contribution in [2.45, 2.75) is 33.4 Å². The third kappa shape index (κ3) is 3.66. The molecule has 3 nitrogen and oxygen atoms in total. The third-order valence-corrected chi connectivity index (χ3v) is 4.34. The maximum absolute atomic E-state index is 6.33. The molecule has 1 unspecified atom stereocenters. The van der Waals surface area contributed by atoms with Gasteiger partial charge in [0.05, 0.1) is 7.11 Å². The minimum atomic E-state index is 0.267. The highest BCUT2D eigenvalue weighted by Crippen LogP contribution is 2.29. The number of piperazine rings is 1. The molecule has 0 saturated carbocycles. The molecule has 112 valence electrons. The van der Waals surface area contributed by atoms with Crippen molar-refractivity contribution < 1.29 is 4.74 Å². The summed E-state index contributed by atoms with van der Waals surface area (Å²) in [4.78, 5) is 2.45. The van der Waals surface area contributed by atoms with E-state index in [4.69, 9.17) is 16.3 Å². The van der Waals surface area contributed by atoms with Crippen molar-refractivity contribution >= 4 is 11.6 Å². The topological polar surface area (TPSA) is 24.5 Å². The summed E-state index contributed by atoms with van der Waals surface area (Å²) in [6.07, 6.45) is 0. The van der Waals surface area contributed by atoms with Gasteiger partial charge in [0.2, 0.25) is 0 Å². The first-order chi connectivity index (χ1) is 9.41. The summed E-state index contributed by atoms with van der Waals surface area (Å²) in [5.41, 5.74) is 1.36. The summed E-state index contributed by atoms with van der Waals surface area (Å²) in [5.74, 6) is 0.878. The molecule has 0 radical (unpaired) electrons. The van der Waals surface area contributed by atoms with Gasteiger partial charge in [0, 0.05) is 42.8 Å². The molecule has 0 bridgehead atoms. The lowest BCUT2D eigenvalue weighted by Gasteiger charge is -2.40. The fourth-order valence-corrected chi connectivity index (χ4v) is 2.87. The van der Waals surface area contributed by atoms with Crippen LogP contribution in [0.1, 0.15) is 26.3 Å². The van der Waals surface area contributed by atoms with Gasteiger partial charge in [0.15, 0.2) is 0 Å². The number of hydrogen-bond acceptors (Lipinski definition) is 3. The zero-order valence-electron chi connectivity index (χ0n) is 12.9. The number of nitrogens with one attached hydrogen (secondary N) is 1. The van der Waals surface area contributed by atoms with Gasteiger partial charge in [-0.15, -0.1) is 0 Å². The second-order valence-electron chi connectivity index (χ2n) is 6.53. The van der Waals surface area contributed by atoms with Gasteiger partial charge in [-0.2, -0.15) is 0 Å². The highest BCUT2D eigenvalue weighted by molar-refractivity contribution is 6.31. The second-order valence-corrected chi connectivity index (χ2v) is 6.94. The van der Waals surface area contributed by atoms with Crippen molar-refractivity contribution in [2.75, 3.05) is 26.7 Å². The SMILES string of the molecule is COc1cccc(Cl)c1CN1CCNC(C(C)(C)C)C1. The molecule has 1 aromatic carbocycles. The molecule has 1 fully saturated rings. The second kappa shape index (κ2) is 6.33. The Morgan fingerprint density at radius 1 is 1.40 bits per heavy atom. The van der Waals surface area contributed by atoms with Crippen LogP contribution in [-0.4, -0.2) is 37.7 Å². The lowest BCUT2D eigenvalue weighted by molar-refractivity contribution is 0.128. The van der Waals surface area contributed by atoms with E-state index in [9.17, 15) is 0 Å². The van der Waals surface area contributed by atoms with E-state index < -0.39 is 0 Å². The molecule has 1 aliphatic heterocycles. The van der Waals surface area contributed by atoms with E-state index in [0.717, 1.165) is 42.5 Å². The largest absolute Gasteiger partial charge is 0.496 e. The summed E-state index contributed by atoms with van der Waals surface area (Å²) >= 11 is 6.33. The van der Waals surface area contributed by atoms with Gasteiger partial charge in [0.1, 0.15) is 5.75 Å². The standard InChI is InChI=1S/C16H25ClN2O/c1-16(2,3)15-11-19(9-8-18-15)10-12-13(17)6-5-7-14(12)20-4/h5-7,15,18H,8-11H2,1-4H3. The zero-order chi connectivity index (χ0) is 14.8. The van der Waals surface area contributed by atoms with Gasteiger partial charge in [0.25, 0.3) is 0 Å². The summed E-state index contributed by atoms with van der Waals surface area (Å²) in [5, 5.41) is 4.40. The Morgan fingerprint density at radius 3 is 2.80 bits per heavy atom. The van der Waals surface area contributed by atoms with E-state index in [2.05, 4.69) is 31.0 Å². The monoisotopic (exact) mass is 296 g/mol. The summed E-state index contributed by atoms with van der Waals surface area (Å²) in [6.45, 7) is 10.8. The summed E-state index contributed by atoms with van der Waals surface area (Å²) < 4.78 is 5.44. The number of rotatable bonds is 3. The predicted octanol–water partition coefficient (Wildman–Crippen LogP) is 3.17. The van der Waals surface area contributed by atoms with Crippen molar-refractivity contribution in [2.24, 2.45) is 5.41 Å². The Labute approximate surface area is 127 Å². The van der Waals surface area contributed by atoms with Crippen molar-refractivity contribution in [3.63, 3.8) is 0 Å². The maximum Gasteiger partial charge on any atom is 0.124 e. The first-order valence-corrected chi connectivity index (χ1v) is 7.56. The van der Waals surface area contributed by atoms with Crippen molar-refractivity contribution in [3.8, 4) is 5.75 Å². The minimum Gasteiger partial charge on any atom is -0.496 e. The molecule has 0 aromatic heterocycles. The Kier molecular flexibility index (Phi) is 4.95. The average molecular weight is 297 g/mol. The third-order valence-electron chi connectivity index (χ3n) is 3.98. The normalized spacial score (nSPS) is 20.9. The van der Waals surface area contributed by atoms with Crippen LogP contribution in [0.4, 0.5) is 0 Å². The number of nitrogens with zero attached hydrogens (tertiary/aromatic N) is 1. The zero-order valence-corrected chi connectivity index (χ0v) is 13.6. The molecular formula is C16H25ClN2O. The predicted molar refractivity (Wildman–Crippen MR) is 84.5 cm³/mol. The Bertz CT molecular complexity index is 456. The van der Waals surface area contributed by atoms with Gasteiger partial charge >= 0.3 is 0 Å². The highest BCUT2D eigenvalue weighted by atomic mass is 35.5. The van der Waals surface area contributed by atoms with Gasteiger partial charge in [-0.05, 0) is 17.5 Å². The van der Waals surface area contributed by atoms with Gasteiger partial charge in [-0.3, -0.25) is 4.90 Å². The van der Waals surface area contributed by atoms with Crippen LogP contribution in [0.25, 0.3) is 0 Å². The molecule has 1 N–H and O–H groups in total. The van der Waals surface area contributed by atoms with E-state index >= 15 is 0 Å². The fourth-order valence-electron chi connectivity index (χ4n) is 2.64. The van der Waals surface area contributed by atoms with Crippen LogP contribution < -0.4 is 10.1 Å². The van der Waals surface area contributed by atoms with Crippen molar-refractivity contribution in [1.29, 1.82) is 0 Å². The number of benzene rings is 1. The average Bonchev–Trinajstić information content (AvgIpc) is 2.40. The summed E-state index contributed by atoms with van der Waals surface area (Å²) in [6, 6.07) is 6.35. The molecule has 1 heterocycles. The first-order valence-electron chi connectivity index (χ1n) is 7.19. The molecule has 1 atom stereocenters. The van der Waals surface area contributed by atoms with Gasteiger partial charge < -0.3 is 10.1 Å². The first kappa shape index (κ1) is 15.6. The van der Waals surface area contributed by atoms with Crippen LogP contribution in [0.15, 0.2) is 18.2 Å². The number of methoxy groups -OCH3 is 1. The number of hydrogen-bond donors (Lipinski definition) is 1. The fraction of sp³-hybridized carbons (Fsp3) is 0.625. The van der Waals surface area contributed by atoms with Crippen LogP contribution in [-0.2, 0) is 6.54 Å². The maximum atomic E-state index is 6.33. The van der Waals surface area contributed by atoms with E-state index in [1.165, 1.54) is 0 Å². The molecule has 1 saturated heterocycles. The molecule has 0 aliphatic carbocycles. The van der Waals surface area contributed by atoms with Gasteiger partial charge in [-0.25, -0.2) is 0 Å². The lowest BCUT2D eigenvalue weighted by Crippen LogP contribution is -2.55. The highest BCUT2D eigenvalue weighted by Gasteiger charge is 2.29. The molecule has 4 heteroatoms. The quantitative estimate of drug-likeness (QED) is 0.927. The van der Waals surface area contributed by atoms with Crippen molar-refractivity contribution in [1.82, 2.24) is 10.2 Å². The van der Waals surface area contributed by atoms with Gasteiger partial charge in [-0.1, -0.05) is 38.4 Å². The molecule has 20 heavy (non-hydrogen) atoms. The molecule has 1 aromatic rings. The van der Waals surface area contributed by atoms with Crippen LogP contribution in [0.3, 0.4) is 0 Å². The summed E-state index contributed by atoms with van der Waals surface area (Å²) in [7, 11) is 1.70. The minimum absolute atomic E-state index is 0.267. The van der Waals surface area contributed by atoms with Crippen LogP contribution in [0, 0.1) is 5.41 Å². The Balaban J connectivity index is 2.10. The van der Waals surface area contributed by atoms with Crippen LogP contribution in [0.2, 0.25) is 5.02 Å². The smallest absolute Gasteiger partial charge is 0.124 e. The van der Waals surface area contributed by atoms with E-state index in [-0.39, 0.29) is 5.41 Å². The van der Waals surface area contributed by atoms with Crippen LogP contribution in [0.5, 0.6) is 5.75 Å². The van der Waals surface area contributed by atoms with E-state index in [1.807, 2.05) is 18.2 Å². The molecule has 2 rings (SSSR count). The van der Waals surface area contributed by atoms with Crippen molar-refractivity contribution in [3.05, 3.63) is 28.8 Å². The molecule has 0 amide bonds.